The van der Waals surface area contributed by atoms with Crippen LogP contribution in [0.15, 0.2) is 0 Å². The Morgan fingerprint density at radius 1 is 1.14 bits per heavy atom. The van der Waals surface area contributed by atoms with Crippen molar-refractivity contribution in [2.75, 3.05) is 6.61 Å². The van der Waals surface area contributed by atoms with E-state index in [0.29, 0.717) is 12.8 Å². The van der Waals surface area contributed by atoms with Gasteiger partial charge in [-0.15, -0.1) is 0 Å². The number of esters is 2. The van der Waals surface area contributed by atoms with Gasteiger partial charge in [-0.05, 0) is 18.8 Å². The summed E-state index contributed by atoms with van der Waals surface area (Å²) in [6, 6.07) is 0. The highest BCUT2D eigenvalue weighted by Gasteiger charge is 2.42. The molecule has 0 radical (unpaired) electrons. The van der Waals surface area contributed by atoms with Gasteiger partial charge in [0, 0.05) is 0 Å². The van der Waals surface area contributed by atoms with Gasteiger partial charge in [-0.2, -0.15) is 18.0 Å². The number of hydrogen-bond donors (Lipinski definition) is 0. The molecule has 0 saturated carbocycles. The minimum Gasteiger partial charge on any atom is -0.450 e. The van der Waals surface area contributed by atoms with Crippen LogP contribution in [-0.2, 0) is 19.1 Å². The molecule has 0 aliphatic carbocycles. The Bertz CT molecular complexity index is 464. The predicted octanol–water partition coefficient (Wildman–Crippen LogP) is 2.52. The minimum atomic E-state index is -4.76. The molecule has 0 unspecified atom stereocenters. The topological polar surface area (TPSA) is 89.0 Å². The lowest BCUT2D eigenvalue weighted by Gasteiger charge is -2.34. The van der Waals surface area contributed by atoms with Crippen LogP contribution in [-0.4, -0.2) is 40.8 Å². The van der Waals surface area contributed by atoms with E-state index < -0.39 is 36.0 Å². The van der Waals surface area contributed by atoms with Gasteiger partial charge in [-0.25, -0.2) is 9.59 Å². The molecule has 6 nitrogen and oxygen atoms in total. The second kappa shape index (κ2) is 7.93. The summed E-state index contributed by atoms with van der Waals surface area (Å²) in [7, 11) is 0. The number of ether oxygens (including phenoxy) is 2. The molecule has 0 aliphatic rings. The number of carbonyl (C=O) groups excluding carboxylic acids is 2. The van der Waals surface area contributed by atoms with Gasteiger partial charge in [0.2, 0.25) is 0 Å². The zero-order valence-corrected chi connectivity index (χ0v) is 12.9. The molecule has 0 aliphatic heterocycles. The first kappa shape index (κ1) is 20.1. The van der Waals surface area contributed by atoms with Crippen LogP contribution in [0.5, 0.6) is 0 Å². The Hall–Kier alpha value is -1.89. The maximum atomic E-state index is 12.0. The zero-order chi connectivity index (χ0) is 17.6. The van der Waals surface area contributed by atoms with E-state index in [1.165, 1.54) is 0 Å². The van der Waals surface area contributed by atoms with E-state index in [9.17, 15) is 22.8 Å². The van der Waals surface area contributed by atoms with E-state index >= 15 is 0 Å². The van der Waals surface area contributed by atoms with Crippen LogP contribution >= 0.6 is 0 Å². The first-order chi connectivity index (χ1) is 10.0. The molecule has 0 aromatic rings. The molecular weight excluding hydrogens is 305 g/mol. The molecule has 0 heterocycles. The van der Waals surface area contributed by atoms with Gasteiger partial charge in [0.25, 0.3) is 0 Å². The van der Waals surface area contributed by atoms with Crippen molar-refractivity contribution in [3.63, 3.8) is 0 Å². The van der Waals surface area contributed by atoms with Gasteiger partial charge in [0.05, 0.1) is 0 Å². The summed E-state index contributed by atoms with van der Waals surface area (Å²) in [5.74, 6) is -3.14. The largest absolute Gasteiger partial charge is 0.482 e. The lowest BCUT2D eigenvalue weighted by Crippen LogP contribution is -2.43. The molecule has 126 valence electrons. The van der Waals surface area contributed by atoms with E-state index in [1.807, 2.05) is 0 Å². The summed E-state index contributed by atoms with van der Waals surface area (Å²) in [6.07, 6.45) is -3.92. The quantitative estimate of drug-likeness (QED) is 0.237. The maximum Gasteiger partial charge on any atom is 0.482 e. The summed E-state index contributed by atoms with van der Waals surface area (Å²) in [5, 5.41) is 0. The van der Waals surface area contributed by atoms with Crippen molar-refractivity contribution < 1.29 is 37.0 Å². The van der Waals surface area contributed by atoms with Crippen LogP contribution in [0.4, 0.5) is 13.2 Å². The lowest BCUT2D eigenvalue weighted by atomic mass is 9.85. The molecule has 0 saturated heterocycles. The molecule has 0 atom stereocenters. The highest BCUT2D eigenvalue weighted by molar-refractivity contribution is 6.60. The standard InChI is InChI=1S/C13H19F3N2O4/c1-5-12(6-2,8(3)4)22-11(20)9(18-17)10(19)21-7-13(14,15)16/h8H,5-7H2,1-4H3. The van der Waals surface area contributed by atoms with Crippen molar-refractivity contribution >= 4 is 17.7 Å². The number of halogens is 3. The fourth-order valence-electron chi connectivity index (χ4n) is 1.94. The fraction of sp³-hybridized carbons (Fsp3) is 0.769. The molecule has 22 heavy (non-hydrogen) atoms. The third kappa shape index (κ3) is 5.48. The third-order valence-electron chi connectivity index (χ3n) is 3.40. The Morgan fingerprint density at radius 2 is 1.64 bits per heavy atom. The number of nitrogens with zero attached hydrogens (tertiary/aromatic N) is 2. The van der Waals surface area contributed by atoms with E-state index in [1.54, 1.807) is 27.7 Å². The van der Waals surface area contributed by atoms with Crippen LogP contribution in [0.1, 0.15) is 40.5 Å². The Kier molecular flexibility index (Phi) is 7.25. The predicted molar refractivity (Wildman–Crippen MR) is 69.9 cm³/mol. The highest BCUT2D eigenvalue weighted by Crippen LogP contribution is 2.29. The van der Waals surface area contributed by atoms with E-state index in [2.05, 4.69) is 9.53 Å². The number of alkyl halides is 3. The molecule has 0 spiro atoms. The molecule has 0 rings (SSSR count). The smallest absolute Gasteiger partial charge is 0.450 e. The summed E-state index contributed by atoms with van der Waals surface area (Å²) < 4.78 is 45.0. The average molecular weight is 324 g/mol. The summed E-state index contributed by atoms with van der Waals surface area (Å²) in [5.41, 5.74) is 6.54. The van der Waals surface area contributed by atoms with Crippen molar-refractivity contribution in [2.24, 2.45) is 5.92 Å². The Labute approximate surface area is 126 Å². The van der Waals surface area contributed by atoms with Crippen LogP contribution in [0.25, 0.3) is 5.53 Å². The summed E-state index contributed by atoms with van der Waals surface area (Å²) in [4.78, 5) is 25.7. The average Bonchev–Trinajstić information content (AvgIpc) is 2.42. The first-order valence-electron chi connectivity index (χ1n) is 6.72. The molecule has 0 aromatic carbocycles. The lowest BCUT2D eigenvalue weighted by molar-refractivity contribution is -0.185. The molecule has 0 fully saturated rings. The van der Waals surface area contributed by atoms with Crippen molar-refractivity contribution in [1.29, 1.82) is 0 Å². The van der Waals surface area contributed by atoms with E-state index in [0.717, 1.165) is 0 Å². The van der Waals surface area contributed by atoms with Crippen molar-refractivity contribution in [1.82, 2.24) is 0 Å². The van der Waals surface area contributed by atoms with Crippen molar-refractivity contribution in [3.8, 4) is 0 Å². The molecule has 0 N–H and O–H groups in total. The van der Waals surface area contributed by atoms with Gasteiger partial charge in [0.15, 0.2) is 6.61 Å². The minimum absolute atomic E-state index is 0.113. The zero-order valence-electron chi connectivity index (χ0n) is 12.9. The van der Waals surface area contributed by atoms with Gasteiger partial charge in [-0.1, -0.05) is 27.7 Å². The van der Waals surface area contributed by atoms with Crippen molar-refractivity contribution in [2.45, 2.75) is 52.3 Å². The summed E-state index contributed by atoms with van der Waals surface area (Å²) >= 11 is 0. The molecule has 9 heteroatoms. The second-order valence-corrected chi connectivity index (χ2v) is 4.96. The molecular formula is C13H19F3N2O4. The Morgan fingerprint density at radius 3 is 1.95 bits per heavy atom. The first-order valence-corrected chi connectivity index (χ1v) is 6.72. The molecule has 0 bridgehead atoms. The van der Waals surface area contributed by atoms with Gasteiger partial charge < -0.3 is 15.0 Å². The number of rotatable bonds is 7. The van der Waals surface area contributed by atoms with Gasteiger partial charge >= 0.3 is 23.8 Å². The number of carbonyl (C=O) groups is 2. The third-order valence-corrected chi connectivity index (χ3v) is 3.40. The van der Waals surface area contributed by atoms with Crippen LogP contribution in [0.2, 0.25) is 0 Å². The monoisotopic (exact) mass is 324 g/mol. The van der Waals surface area contributed by atoms with Crippen LogP contribution in [0.3, 0.4) is 0 Å². The van der Waals surface area contributed by atoms with Gasteiger partial charge in [0.1, 0.15) is 5.60 Å². The Balaban J connectivity index is 5.08. The summed E-state index contributed by atoms with van der Waals surface area (Å²) in [6.45, 7) is 5.20. The number of hydrogen-bond acceptors (Lipinski definition) is 4. The molecule has 0 amide bonds. The van der Waals surface area contributed by atoms with Crippen LogP contribution in [0, 0.1) is 5.92 Å². The highest BCUT2D eigenvalue weighted by atomic mass is 19.4. The van der Waals surface area contributed by atoms with Gasteiger partial charge in [-0.3, -0.25) is 0 Å². The van der Waals surface area contributed by atoms with E-state index in [4.69, 9.17) is 10.3 Å². The van der Waals surface area contributed by atoms with E-state index in [-0.39, 0.29) is 5.92 Å². The normalized spacial score (nSPS) is 11.8. The maximum absolute atomic E-state index is 12.0. The molecule has 0 aromatic heterocycles. The van der Waals surface area contributed by atoms with Crippen LogP contribution < -0.4 is 0 Å². The second-order valence-electron chi connectivity index (χ2n) is 4.96. The van der Waals surface area contributed by atoms with Crippen molar-refractivity contribution in [3.05, 3.63) is 5.53 Å². The fourth-order valence-corrected chi connectivity index (χ4v) is 1.94. The SMILES string of the molecule is CCC(CC)(OC(=O)C(=[N+]=[N-])C(=O)OCC(F)(F)F)C(C)C.